The minimum Gasteiger partial charge on any atom is -0.369 e. The molecule has 0 saturated heterocycles. The summed E-state index contributed by atoms with van der Waals surface area (Å²) in [4.78, 5) is 20.7. The monoisotopic (exact) mass is 288 g/mol. The molecule has 114 valence electrons. The van der Waals surface area contributed by atoms with Crippen molar-refractivity contribution in [2.24, 2.45) is 0 Å². The molecule has 0 spiro atoms. The van der Waals surface area contributed by atoms with Crippen molar-refractivity contribution in [3.63, 3.8) is 0 Å². The van der Waals surface area contributed by atoms with Gasteiger partial charge in [0.2, 0.25) is 5.91 Å². The lowest BCUT2D eigenvalue weighted by molar-refractivity contribution is -0.121. The van der Waals surface area contributed by atoms with Crippen molar-refractivity contribution >= 4 is 11.7 Å². The first-order valence-corrected chi connectivity index (χ1v) is 8.17. The van der Waals surface area contributed by atoms with Crippen molar-refractivity contribution in [3.8, 4) is 0 Å². The van der Waals surface area contributed by atoms with Crippen LogP contribution in [0.25, 0.3) is 0 Å². The molecule has 0 radical (unpaired) electrons. The fraction of sp³-hybridized carbons (Fsp3) is 0.688. The molecule has 2 aliphatic rings. The van der Waals surface area contributed by atoms with Crippen LogP contribution in [0.3, 0.4) is 0 Å². The highest BCUT2D eigenvalue weighted by molar-refractivity contribution is 5.76. The quantitative estimate of drug-likeness (QED) is 0.844. The van der Waals surface area contributed by atoms with Crippen LogP contribution in [-0.4, -0.2) is 28.5 Å². The van der Waals surface area contributed by atoms with Crippen LogP contribution in [0.5, 0.6) is 0 Å². The Balaban J connectivity index is 1.38. The van der Waals surface area contributed by atoms with Gasteiger partial charge < -0.3 is 10.6 Å². The smallest absolute Gasteiger partial charge is 0.221 e. The maximum Gasteiger partial charge on any atom is 0.221 e. The molecule has 5 heteroatoms. The summed E-state index contributed by atoms with van der Waals surface area (Å²) >= 11 is 0. The lowest BCUT2D eigenvalue weighted by atomic mass is 9.95. The summed E-state index contributed by atoms with van der Waals surface area (Å²) in [6.07, 6.45) is 10.8. The molecule has 2 N–H and O–H groups in total. The van der Waals surface area contributed by atoms with Gasteiger partial charge in [0.05, 0.1) is 0 Å². The van der Waals surface area contributed by atoms with Gasteiger partial charge in [-0.25, -0.2) is 9.97 Å². The van der Waals surface area contributed by atoms with E-state index in [-0.39, 0.29) is 5.91 Å². The molecule has 3 rings (SSSR count). The Kier molecular flexibility index (Phi) is 4.68. The van der Waals surface area contributed by atoms with Crippen LogP contribution >= 0.6 is 0 Å². The van der Waals surface area contributed by atoms with Crippen molar-refractivity contribution < 1.29 is 4.79 Å². The number of hydrogen-bond acceptors (Lipinski definition) is 4. The highest BCUT2D eigenvalue weighted by atomic mass is 16.1. The zero-order valence-electron chi connectivity index (χ0n) is 12.5. The molecule has 0 atom stereocenters. The van der Waals surface area contributed by atoms with Crippen molar-refractivity contribution in [1.82, 2.24) is 15.3 Å². The minimum atomic E-state index is 0.144. The molecule has 21 heavy (non-hydrogen) atoms. The molecular formula is C16H24N4O. The Morgan fingerprint density at radius 3 is 2.76 bits per heavy atom. The second-order valence-electron chi connectivity index (χ2n) is 6.15. The maximum atomic E-state index is 11.9. The van der Waals surface area contributed by atoms with E-state index in [1.807, 2.05) is 6.07 Å². The van der Waals surface area contributed by atoms with Gasteiger partial charge in [-0.2, -0.15) is 0 Å². The average Bonchev–Trinajstić information content (AvgIpc) is 3.33. The van der Waals surface area contributed by atoms with E-state index in [0.717, 1.165) is 24.5 Å². The van der Waals surface area contributed by atoms with Gasteiger partial charge in [-0.05, 0) is 31.7 Å². The van der Waals surface area contributed by atoms with E-state index >= 15 is 0 Å². The predicted molar refractivity (Wildman–Crippen MR) is 82.1 cm³/mol. The molecule has 0 aromatic carbocycles. The van der Waals surface area contributed by atoms with Gasteiger partial charge in [-0.15, -0.1) is 0 Å². The van der Waals surface area contributed by atoms with Crippen LogP contribution in [0.15, 0.2) is 12.3 Å². The Hall–Kier alpha value is -1.65. The van der Waals surface area contributed by atoms with E-state index in [9.17, 15) is 4.79 Å². The number of carbonyl (C=O) groups excluding carboxylic acids is 1. The number of carbonyl (C=O) groups is 1. The second kappa shape index (κ2) is 6.87. The van der Waals surface area contributed by atoms with Crippen molar-refractivity contribution in [2.75, 3.05) is 11.9 Å². The van der Waals surface area contributed by atoms with Gasteiger partial charge in [0.15, 0.2) is 0 Å². The second-order valence-corrected chi connectivity index (χ2v) is 6.15. The van der Waals surface area contributed by atoms with Crippen LogP contribution in [-0.2, 0) is 4.79 Å². The van der Waals surface area contributed by atoms with E-state index in [1.54, 1.807) is 6.20 Å². The summed E-state index contributed by atoms with van der Waals surface area (Å²) in [5.41, 5.74) is 0. The molecule has 1 heterocycles. The Bertz CT molecular complexity index is 481. The third-order valence-corrected chi connectivity index (χ3v) is 4.25. The molecule has 2 saturated carbocycles. The van der Waals surface area contributed by atoms with Crippen LogP contribution < -0.4 is 10.6 Å². The number of nitrogens with zero attached hydrogens (tertiary/aromatic N) is 2. The largest absolute Gasteiger partial charge is 0.369 e. The molecule has 1 amide bonds. The molecule has 5 nitrogen and oxygen atoms in total. The van der Waals surface area contributed by atoms with E-state index < -0.39 is 0 Å². The van der Waals surface area contributed by atoms with Gasteiger partial charge in [0.1, 0.15) is 11.6 Å². The SMILES string of the molecule is O=C(CCNc1ccnc(C2CC2)n1)NC1CCCCC1. The van der Waals surface area contributed by atoms with Gasteiger partial charge >= 0.3 is 0 Å². The standard InChI is InChI=1S/C16H24N4O/c21-15(19-13-4-2-1-3-5-13)9-11-17-14-8-10-18-16(20-14)12-6-7-12/h8,10,12-13H,1-7,9,11H2,(H,19,21)(H,17,18,20). The number of nitrogens with one attached hydrogen (secondary N) is 2. The Morgan fingerprint density at radius 1 is 1.19 bits per heavy atom. The first kappa shape index (κ1) is 14.3. The Labute approximate surface area is 125 Å². The van der Waals surface area contributed by atoms with Gasteiger partial charge in [0, 0.05) is 31.1 Å². The predicted octanol–water partition coefficient (Wildman–Crippen LogP) is 2.60. The number of anilines is 1. The summed E-state index contributed by atoms with van der Waals surface area (Å²) in [5.74, 6) is 2.47. The topological polar surface area (TPSA) is 66.9 Å². The lowest BCUT2D eigenvalue weighted by Gasteiger charge is -2.22. The number of aromatic nitrogens is 2. The summed E-state index contributed by atoms with van der Waals surface area (Å²) in [7, 11) is 0. The third-order valence-electron chi connectivity index (χ3n) is 4.25. The molecule has 2 aliphatic carbocycles. The number of amides is 1. The zero-order chi connectivity index (χ0) is 14.5. The lowest BCUT2D eigenvalue weighted by Crippen LogP contribution is -2.36. The normalized spacial score (nSPS) is 19.2. The highest BCUT2D eigenvalue weighted by Crippen LogP contribution is 2.37. The van der Waals surface area contributed by atoms with Gasteiger partial charge in [-0.3, -0.25) is 4.79 Å². The zero-order valence-corrected chi connectivity index (χ0v) is 12.5. The first-order chi connectivity index (χ1) is 10.3. The van der Waals surface area contributed by atoms with Crippen LogP contribution in [0.1, 0.15) is 63.1 Å². The molecule has 1 aromatic rings. The first-order valence-electron chi connectivity index (χ1n) is 8.17. The molecule has 0 bridgehead atoms. The van der Waals surface area contributed by atoms with E-state index in [0.29, 0.717) is 24.9 Å². The summed E-state index contributed by atoms with van der Waals surface area (Å²) in [5, 5.41) is 6.36. The van der Waals surface area contributed by atoms with Crippen LogP contribution in [0, 0.1) is 0 Å². The van der Waals surface area contributed by atoms with E-state index in [4.69, 9.17) is 0 Å². The highest BCUT2D eigenvalue weighted by Gasteiger charge is 2.26. The average molecular weight is 288 g/mol. The van der Waals surface area contributed by atoms with Crippen molar-refractivity contribution in [3.05, 3.63) is 18.1 Å². The van der Waals surface area contributed by atoms with Crippen molar-refractivity contribution in [1.29, 1.82) is 0 Å². The van der Waals surface area contributed by atoms with Crippen LogP contribution in [0.2, 0.25) is 0 Å². The van der Waals surface area contributed by atoms with E-state index in [2.05, 4.69) is 20.6 Å². The fourth-order valence-corrected chi connectivity index (χ4v) is 2.86. The fourth-order valence-electron chi connectivity index (χ4n) is 2.86. The van der Waals surface area contributed by atoms with Gasteiger partial charge in [-0.1, -0.05) is 19.3 Å². The summed E-state index contributed by atoms with van der Waals surface area (Å²) in [6, 6.07) is 2.26. The maximum absolute atomic E-state index is 11.9. The molecule has 0 unspecified atom stereocenters. The minimum absolute atomic E-state index is 0.144. The Morgan fingerprint density at radius 2 is 2.00 bits per heavy atom. The molecule has 1 aromatic heterocycles. The number of rotatable bonds is 6. The third kappa shape index (κ3) is 4.41. The van der Waals surface area contributed by atoms with Crippen molar-refractivity contribution in [2.45, 2.75) is 63.3 Å². The van der Waals surface area contributed by atoms with Crippen LogP contribution in [0.4, 0.5) is 5.82 Å². The molecular weight excluding hydrogens is 264 g/mol. The van der Waals surface area contributed by atoms with Gasteiger partial charge in [0.25, 0.3) is 0 Å². The molecule has 0 aliphatic heterocycles. The summed E-state index contributed by atoms with van der Waals surface area (Å²) < 4.78 is 0. The molecule has 2 fully saturated rings. The summed E-state index contributed by atoms with van der Waals surface area (Å²) in [6.45, 7) is 0.625. The number of hydrogen-bond donors (Lipinski definition) is 2. The van der Waals surface area contributed by atoms with E-state index in [1.165, 1.54) is 32.1 Å².